The Morgan fingerprint density at radius 3 is 2.62 bits per heavy atom. The number of aromatic nitrogens is 2. The first-order valence-corrected chi connectivity index (χ1v) is 9.39. The average Bonchev–Trinajstić information content (AvgIpc) is 3.02. The van der Waals surface area contributed by atoms with E-state index in [-0.39, 0.29) is 16.8 Å². The summed E-state index contributed by atoms with van der Waals surface area (Å²) in [4.78, 5) is 4.56. The number of rotatable bonds is 5. The predicted molar refractivity (Wildman–Crippen MR) is 89.5 cm³/mol. The van der Waals surface area contributed by atoms with Crippen molar-refractivity contribution in [1.82, 2.24) is 14.4 Å². The molecule has 1 aromatic heterocycles. The quantitative estimate of drug-likeness (QED) is 0.886. The molecule has 0 saturated heterocycles. The number of sulfonamides is 1. The number of hydrogen-bond donors (Lipinski definition) is 1. The Bertz CT molecular complexity index is 841. The van der Waals surface area contributed by atoms with Crippen molar-refractivity contribution in [1.29, 1.82) is 0 Å². The van der Waals surface area contributed by atoms with E-state index in [9.17, 15) is 8.42 Å². The monoisotopic (exact) mass is 350 g/mol. The van der Waals surface area contributed by atoms with E-state index in [1.54, 1.807) is 31.3 Å². The minimum Gasteiger partial charge on any atom is -0.334 e. The third-order valence-electron chi connectivity index (χ3n) is 4.60. The van der Waals surface area contributed by atoms with E-state index < -0.39 is 15.6 Å². The molecule has 2 N–H and O–H groups in total. The molecule has 0 radical (unpaired) electrons. The van der Waals surface area contributed by atoms with Gasteiger partial charge in [0.1, 0.15) is 0 Å². The van der Waals surface area contributed by atoms with Crippen LogP contribution in [0.25, 0.3) is 11.5 Å². The van der Waals surface area contributed by atoms with Crippen molar-refractivity contribution in [3.05, 3.63) is 30.1 Å². The highest BCUT2D eigenvalue weighted by Crippen LogP contribution is 2.37. The Hall–Kier alpha value is -1.77. The van der Waals surface area contributed by atoms with E-state index >= 15 is 0 Å². The van der Waals surface area contributed by atoms with Gasteiger partial charge in [-0.1, -0.05) is 11.2 Å². The highest BCUT2D eigenvalue weighted by Gasteiger charge is 2.39. The van der Waals surface area contributed by atoms with Crippen molar-refractivity contribution in [3.8, 4) is 11.5 Å². The molecule has 1 aromatic carbocycles. The summed E-state index contributed by atoms with van der Waals surface area (Å²) in [5.41, 5.74) is 6.25. The van der Waals surface area contributed by atoms with Gasteiger partial charge in [-0.25, -0.2) is 8.42 Å². The van der Waals surface area contributed by atoms with E-state index in [1.807, 2.05) is 13.8 Å². The molecular formula is C16H22N4O3S. The van der Waals surface area contributed by atoms with E-state index in [0.717, 1.165) is 19.3 Å². The molecule has 0 atom stereocenters. The highest BCUT2D eigenvalue weighted by atomic mass is 32.2. The summed E-state index contributed by atoms with van der Waals surface area (Å²) in [5, 5.41) is 3.97. The van der Waals surface area contributed by atoms with Crippen LogP contribution in [0.4, 0.5) is 0 Å². The van der Waals surface area contributed by atoms with E-state index in [1.165, 1.54) is 4.31 Å². The molecule has 130 valence electrons. The van der Waals surface area contributed by atoms with Crippen LogP contribution in [-0.4, -0.2) is 36.0 Å². The summed E-state index contributed by atoms with van der Waals surface area (Å²) in [7, 11) is -2.00. The van der Waals surface area contributed by atoms with E-state index in [4.69, 9.17) is 10.3 Å². The molecule has 3 rings (SSSR count). The maximum atomic E-state index is 12.6. The van der Waals surface area contributed by atoms with Crippen molar-refractivity contribution in [3.63, 3.8) is 0 Å². The van der Waals surface area contributed by atoms with Gasteiger partial charge in [-0.3, -0.25) is 0 Å². The van der Waals surface area contributed by atoms with Gasteiger partial charge in [0.2, 0.25) is 10.0 Å². The fraction of sp³-hybridized carbons (Fsp3) is 0.500. The first-order chi connectivity index (χ1) is 11.2. The Balaban J connectivity index is 1.94. The third kappa shape index (κ3) is 2.85. The molecule has 0 unspecified atom stereocenters. The van der Waals surface area contributed by atoms with Crippen molar-refractivity contribution in [2.45, 2.75) is 49.6 Å². The van der Waals surface area contributed by atoms with E-state index in [2.05, 4.69) is 10.1 Å². The number of hydrogen-bond acceptors (Lipinski definition) is 6. The van der Waals surface area contributed by atoms with Gasteiger partial charge < -0.3 is 10.3 Å². The Kier molecular flexibility index (Phi) is 4.23. The van der Waals surface area contributed by atoms with Gasteiger partial charge in [-0.2, -0.15) is 9.29 Å². The Labute approximate surface area is 141 Å². The normalized spacial score (nSPS) is 17.2. The summed E-state index contributed by atoms with van der Waals surface area (Å²) < 4.78 is 31.9. The van der Waals surface area contributed by atoms with Crippen molar-refractivity contribution in [2.24, 2.45) is 5.73 Å². The smallest absolute Gasteiger partial charge is 0.258 e. The number of nitrogens with zero attached hydrogens (tertiary/aromatic N) is 3. The highest BCUT2D eigenvalue weighted by molar-refractivity contribution is 7.89. The van der Waals surface area contributed by atoms with Gasteiger partial charge in [0.15, 0.2) is 5.82 Å². The van der Waals surface area contributed by atoms with Crippen molar-refractivity contribution in [2.75, 3.05) is 7.05 Å². The molecule has 1 aliphatic rings. The van der Waals surface area contributed by atoms with Gasteiger partial charge in [0.05, 0.1) is 10.4 Å². The fourth-order valence-electron chi connectivity index (χ4n) is 2.56. The first kappa shape index (κ1) is 17.1. The number of benzene rings is 1. The van der Waals surface area contributed by atoms with Gasteiger partial charge >= 0.3 is 0 Å². The summed E-state index contributed by atoms with van der Waals surface area (Å²) >= 11 is 0. The van der Waals surface area contributed by atoms with Crippen LogP contribution in [0.5, 0.6) is 0 Å². The second-order valence-corrected chi connectivity index (χ2v) is 8.57. The molecule has 24 heavy (non-hydrogen) atoms. The minimum absolute atomic E-state index is 0.135. The SMILES string of the molecule is CC(C)N(C)S(=O)(=O)c1cccc(-c2nc(C3(N)CCC3)no2)c1. The van der Waals surface area contributed by atoms with Gasteiger partial charge in [-0.05, 0) is 51.3 Å². The van der Waals surface area contributed by atoms with Crippen LogP contribution in [-0.2, 0) is 15.6 Å². The molecule has 2 aromatic rings. The molecule has 1 saturated carbocycles. The summed E-state index contributed by atoms with van der Waals surface area (Å²) in [6, 6.07) is 6.39. The summed E-state index contributed by atoms with van der Waals surface area (Å²) in [5.74, 6) is 0.766. The lowest BCUT2D eigenvalue weighted by atomic mass is 9.77. The van der Waals surface area contributed by atoms with Crippen molar-refractivity contribution < 1.29 is 12.9 Å². The molecule has 1 fully saturated rings. The average molecular weight is 350 g/mol. The maximum Gasteiger partial charge on any atom is 0.258 e. The van der Waals surface area contributed by atoms with Crippen LogP contribution in [0.3, 0.4) is 0 Å². The largest absolute Gasteiger partial charge is 0.334 e. The first-order valence-electron chi connectivity index (χ1n) is 7.95. The molecule has 0 bridgehead atoms. The zero-order valence-electron chi connectivity index (χ0n) is 14.1. The molecule has 8 heteroatoms. The van der Waals surface area contributed by atoms with Crippen molar-refractivity contribution >= 4 is 10.0 Å². The van der Waals surface area contributed by atoms with Crippen LogP contribution < -0.4 is 5.73 Å². The van der Waals surface area contributed by atoms with Crippen LogP contribution in [0.1, 0.15) is 38.9 Å². The van der Waals surface area contributed by atoms with Crippen LogP contribution in [0, 0.1) is 0 Å². The second-order valence-electron chi connectivity index (χ2n) is 6.58. The topological polar surface area (TPSA) is 102 Å². The Morgan fingerprint density at radius 2 is 2.04 bits per heavy atom. The van der Waals surface area contributed by atoms with E-state index in [0.29, 0.717) is 11.4 Å². The molecule has 1 aliphatic carbocycles. The fourth-order valence-corrected chi connectivity index (χ4v) is 3.97. The lowest BCUT2D eigenvalue weighted by molar-refractivity contribution is 0.229. The minimum atomic E-state index is -3.57. The van der Waals surface area contributed by atoms with Crippen LogP contribution in [0.15, 0.2) is 33.7 Å². The molecule has 1 heterocycles. The summed E-state index contributed by atoms with van der Waals surface area (Å²) in [6.07, 6.45) is 2.72. The zero-order valence-corrected chi connectivity index (χ0v) is 14.9. The molecule has 0 aliphatic heterocycles. The Morgan fingerprint density at radius 1 is 1.33 bits per heavy atom. The third-order valence-corrected chi connectivity index (χ3v) is 6.63. The molecule has 7 nitrogen and oxygen atoms in total. The lowest BCUT2D eigenvalue weighted by Crippen LogP contribution is -2.44. The molecule has 0 amide bonds. The van der Waals surface area contributed by atoms with Crippen LogP contribution in [0.2, 0.25) is 0 Å². The van der Waals surface area contributed by atoms with Gasteiger partial charge in [-0.15, -0.1) is 0 Å². The lowest BCUT2D eigenvalue weighted by Gasteiger charge is -2.34. The van der Waals surface area contributed by atoms with Gasteiger partial charge in [0, 0.05) is 18.7 Å². The molecular weight excluding hydrogens is 328 g/mol. The standard InChI is InChI=1S/C16H22N4O3S/c1-11(2)20(3)24(21,22)13-7-4-6-12(10-13)14-18-15(19-23-14)16(17)8-5-9-16/h4,6-7,10-11H,5,8-9,17H2,1-3H3. The predicted octanol–water partition coefficient (Wildman–Crippen LogP) is 2.10. The zero-order chi connectivity index (χ0) is 17.5. The second kappa shape index (κ2) is 5.94. The summed E-state index contributed by atoms with van der Waals surface area (Å²) in [6.45, 7) is 3.65. The van der Waals surface area contributed by atoms with Gasteiger partial charge in [0.25, 0.3) is 5.89 Å². The maximum absolute atomic E-state index is 12.6. The number of nitrogens with two attached hydrogens (primary N) is 1. The molecule has 0 spiro atoms. The van der Waals surface area contributed by atoms with Crippen LogP contribution >= 0.6 is 0 Å².